The predicted octanol–water partition coefficient (Wildman–Crippen LogP) is -2.30. The van der Waals surface area contributed by atoms with E-state index in [0.717, 1.165) is 0 Å². The number of aliphatic imine (C=N–C) groups is 1. The Hall–Kier alpha value is -4.71. The van der Waals surface area contributed by atoms with Crippen molar-refractivity contribution in [2.24, 2.45) is 28.1 Å². The molecule has 1 rings (SSSR count). The van der Waals surface area contributed by atoms with Gasteiger partial charge in [-0.25, -0.2) is 0 Å². The molecule has 0 aromatic heterocycles. The largest absolute Gasteiger partial charge is 0.481 e. The number of nitrogens with zero attached hydrogens (tertiary/aromatic N) is 1. The fourth-order valence-electron chi connectivity index (χ4n) is 4.42. The molecule has 0 aliphatic carbocycles. The maximum atomic E-state index is 13.8. The summed E-state index contributed by atoms with van der Waals surface area (Å²) in [5.74, 6) is -5.52. The van der Waals surface area contributed by atoms with E-state index in [4.69, 9.17) is 22.3 Å². The lowest BCUT2D eigenvalue weighted by Gasteiger charge is -2.29. The molecule has 272 valence electrons. The van der Waals surface area contributed by atoms with Crippen molar-refractivity contribution in [1.29, 1.82) is 0 Å². The number of thiol groups is 1. The minimum atomic E-state index is -1.39. The molecule has 1 aromatic carbocycles. The van der Waals surface area contributed by atoms with Crippen LogP contribution in [0.3, 0.4) is 0 Å². The van der Waals surface area contributed by atoms with E-state index in [1.54, 1.807) is 44.2 Å². The van der Waals surface area contributed by atoms with Crippen molar-refractivity contribution in [3.63, 3.8) is 0 Å². The minimum absolute atomic E-state index is 0.0173. The summed E-state index contributed by atoms with van der Waals surface area (Å²) in [6.07, 6.45) is 0.708. The van der Waals surface area contributed by atoms with Gasteiger partial charge in [0.15, 0.2) is 5.96 Å². The fourth-order valence-corrected chi connectivity index (χ4v) is 4.60. The third-order valence-electron chi connectivity index (χ3n) is 7.46. The molecule has 0 spiro atoms. The molecule has 0 bridgehead atoms. The van der Waals surface area contributed by atoms with E-state index in [1.807, 2.05) is 0 Å². The Morgan fingerprint density at radius 2 is 1.49 bits per heavy atom. The molecule has 0 aliphatic heterocycles. The number of benzene rings is 1. The van der Waals surface area contributed by atoms with Gasteiger partial charge in [0.1, 0.15) is 30.5 Å². The molecule has 0 heterocycles. The second-order valence-electron chi connectivity index (χ2n) is 11.5. The fraction of sp³-hybridized carbons (Fsp3) is 0.548. The van der Waals surface area contributed by atoms with E-state index < -0.39 is 84.1 Å². The van der Waals surface area contributed by atoms with Crippen LogP contribution >= 0.6 is 12.6 Å². The number of hydrogen-bond donors (Lipinski definition) is 10. The molecule has 0 aliphatic rings. The summed E-state index contributed by atoms with van der Waals surface area (Å²) in [6.45, 7) is 5.02. The molecule has 1 aromatic rings. The zero-order valence-corrected chi connectivity index (χ0v) is 28.8. The Bertz CT molecular complexity index is 1310. The summed E-state index contributed by atoms with van der Waals surface area (Å²) < 4.78 is 0. The first-order chi connectivity index (χ1) is 23.1. The average molecular weight is 708 g/mol. The smallest absolute Gasteiger partial charge is 0.305 e. The Morgan fingerprint density at radius 3 is 2.04 bits per heavy atom. The third kappa shape index (κ3) is 15.8. The highest BCUT2D eigenvalue weighted by atomic mass is 32.1. The number of carboxylic acids is 1. The normalized spacial score (nSPS) is 15.0. The van der Waals surface area contributed by atoms with E-state index in [1.165, 1.54) is 6.92 Å². The summed E-state index contributed by atoms with van der Waals surface area (Å²) in [4.78, 5) is 92.1. The summed E-state index contributed by atoms with van der Waals surface area (Å²) in [5.41, 5.74) is 17.0. The molecule has 0 radical (unpaired) electrons. The van der Waals surface area contributed by atoms with Gasteiger partial charge in [0.2, 0.25) is 29.5 Å². The van der Waals surface area contributed by atoms with E-state index in [2.05, 4.69) is 44.2 Å². The quantitative estimate of drug-likeness (QED) is 0.0201. The number of carboxylic acid groups (broad SMARTS) is 1. The van der Waals surface area contributed by atoms with Gasteiger partial charge in [-0.05, 0) is 31.2 Å². The van der Waals surface area contributed by atoms with E-state index in [9.17, 15) is 33.6 Å². The van der Waals surface area contributed by atoms with Crippen LogP contribution in [0.25, 0.3) is 0 Å². The van der Waals surface area contributed by atoms with E-state index in [-0.39, 0.29) is 37.5 Å². The summed E-state index contributed by atoms with van der Waals surface area (Å²) in [6, 6.07) is 1.80. The Morgan fingerprint density at radius 1 is 0.878 bits per heavy atom. The van der Waals surface area contributed by atoms with Crippen LogP contribution in [-0.4, -0.2) is 101 Å². The molecule has 49 heavy (non-hydrogen) atoms. The van der Waals surface area contributed by atoms with Crippen LogP contribution in [0.15, 0.2) is 35.3 Å². The molecule has 0 unspecified atom stereocenters. The Balaban J connectivity index is 3.27. The van der Waals surface area contributed by atoms with Gasteiger partial charge in [-0.1, -0.05) is 50.6 Å². The van der Waals surface area contributed by atoms with Crippen molar-refractivity contribution in [2.75, 3.05) is 12.3 Å². The number of amides is 5. The first-order valence-corrected chi connectivity index (χ1v) is 16.4. The molecule has 0 fully saturated rings. The predicted molar refractivity (Wildman–Crippen MR) is 185 cm³/mol. The maximum Gasteiger partial charge on any atom is 0.305 e. The van der Waals surface area contributed by atoms with Crippen LogP contribution in [0.5, 0.6) is 0 Å². The maximum absolute atomic E-state index is 13.8. The topological polar surface area (TPSA) is 290 Å². The molecule has 7 atom stereocenters. The lowest BCUT2D eigenvalue weighted by Crippen LogP contribution is -2.60. The molecule has 12 N–H and O–H groups in total. The second-order valence-corrected chi connectivity index (χ2v) is 11.9. The first kappa shape index (κ1) is 42.3. The zero-order chi connectivity index (χ0) is 37.1. The van der Waals surface area contributed by atoms with Crippen LogP contribution < -0.4 is 43.8 Å². The SMILES string of the molecule is CC[C@H](C)[C@H](NC(=O)[C@H](C)NC(=O)[C@@H](N)CC(=O)O)C(=O)N[C@@H](Cc1ccccc1)C(=O)N[C@@H](CCCN=C(N)N)C(=O)N[C@H](C=O)CS. The van der Waals surface area contributed by atoms with Crippen molar-refractivity contribution >= 4 is 60.4 Å². The molecular formula is C31H49N9O8S. The van der Waals surface area contributed by atoms with Gasteiger partial charge in [0.05, 0.1) is 18.5 Å². The van der Waals surface area contributed by atoms with Gasteiger partial charge >= 0.3 is 5.97 Å². The van der Waals surface area contributed by atoms with Crippen LogP contribution in [0.4, 0.5) is 0 Å². The van der Waals surface area contributed by atoms with Gasteiger partial charge in [-0.3, -0.25) is 33.8 Å². The molecule has 17 nitrogen and oxygen atoms in total. The van der Waals surface area contributed by atoms with Gasteiger partial charge in [-0.15, -0.1) is 0 Å². The highest BCUT2D eigenvalue weighted by Gasteiger charge is 2.33. The standard InChI is InChI=1S/C31H49N9O8S/c1-4-17(2)25(40-26(44)18(3)36-27(45)21(32)14-24(42)43)30(48)39-23(13-19-9-6-5-7-10-19)29(47)38-22(11-8-12-35-31(33)34)28(46)37-20(15-41)16-49/h5-7,9-10,15,17-18,20-23,25,49H,4,8,11-14,16,32H2,1-3H3,(H,36,45)(H,37,46)(H,38,47)(H,39,48)(H,40,44)(H,42,43)(H4,33,34,35)/t17-,18-,20+,21-,22-,23-,25-/m0/s1. The number of nitrogens with two attached hydrogens (primary N) is 3. The second kappa shape index (κ2) is 22.0. The van der Waals surface area contributed by atoms with Crippen molar-refractivity contribution in [3.05, 3.63) is 35.9 Å². The monoisotopic (exact) mass is 707 g/mol. The van der Waals surface area contributed by atoms with Crippen molar-refractivity contribution < 1.29 is 38.7 Å². The van der Waals surface area contributed by atoms with Crippen LogP contribution in [0.1, 0.15) is 52.0 Å². The average Bonchev–Trinajstić information content (AvgIpc) is 3.06. The van der Waals surface area contributed by atoms with Crippen molar-refractivity contribution in [2.45, 2.75) is 89.1 Å². The highest BCUT2D eigenvalue weighted by molar-refractivity contribution is 7.80. The molecule has 0 saturated carbocycles. The number of guanidine groups is 1. The lowest BCUT2D eigenvalue weighted by molar-refractivity contribution is -0.140. The zero-order valence-electron chi connectivity index (χ0n) is 27.9. The molecule has 5 amide bonds. The number of carbonyl (C=O) groups is 7. The number of aldehydes is 1. The third-order valence-corrected chi connectivity index (χ3v) is 7.85. The summed E-state index contributed by atoms with van der Waals surface area (Å²) in [5, 5.41) is 21.7. The highest BCUT2D eigenvalue weighted by Crippen LogP contribution is 2.11. The van der Waals surface area contributed by atoms with Gasteiger partial charge in [-0.2, -0.15) is 12.6 Å². The van der Waals surface area contributed by atoms with E-state index in [0.29, 0.717) is 18.3 Å². The van der Waals surface area contributed by atoms with Crippen molar-refractivity contribution in [3.8, 4) is 0 Å². The lowest BCUT2D eigenvalue weighted by atomic mass is 9.96. The van der Waals surface area contributed by atoms with Gasteiger partial charge in [0, 0.05) is 18.7 Å². The number of rotatable bonds is 22. The number of aliphatic carboxylic acids is 1. The van der Waals surface area contributed by atoms with E-state index >= 15 is 0 Å². The van der Waals surface area contributed by atoms with Crippen LogP contribution in [0.2, 0.25) is 0 Å². The van der Waals surface area contributed by atoms with Gasteiger partial charge < -0.3 is 53.7 Å². The van der Waals surface area contributed by atoms with Crippen LogP contribution in [-0.2, 0) is 40.0 Å². The molecular weight excluding hydrogens is 658 g/mol. The number of hydrogen-bond acceptors (Lipinski definition) is 10. The molecule has 0 saturated heterocycles. The van der Waals surface area contributed by atoms with Crippen molar-refractivity contribution in [1.82, 2.24) is 26.6 Å². The Kier molecular flexibility index (Phi) is 19.0. The minimum Gasteiger partial charge on any atom is -0.481 e. The first-order valence-electron chi connectivity index (χ1n) is 15.8. The summed E-state index contributed by atoms with van der Waals surface area (Å²) in [7, 11) is 0. The summed E-state index contributed by atoms with van der Waals surface area (Å²) >= 11 is 4.06. The molecule has 18 heteroatoms. The number of nitrogens with one attached hydrogen (secondary N) is 5. The van der Waals surface area contributed by atoms with Crippen LogP contribution in [0, 0.1) is 5.92 Å². The Labute approximate surface area is 290 Å². The van der Waals surface area contributed by atoms with Gasteiger partial charge in [0.25, 0.3) is 0 Å². The number of carbonyl (C=O) groups excluding carboxylic acids is 6.